The largest absolute Gasteiger partial charge is 0.297 e. The number of rotatable bonds is 4. The second kappa shape index (κ2) is 4.24. The van der Waals surface area contributed by atoms with Crippen LogP contribution in [0.15, 0.2) is 17.5 Å². The zero-order chi connectivity index (χ0) is 10.8. The molecule has 2 nitrogen and oxygen atoms in total. The fourth-order valence-corrected chi connectivity index (χ4v) is 2.14. The third-order valence-corrected chi connectivity index (χ3v) is 3.78. The van der Waals surface area contributed by atoms with Crippen LogP contribution in [0.25, 0.3) is 0 Å². The van der Waals surface area contributed by atoms with Crippen LogP contribution in [0, 0.1) is 0 Å². The zero-order valence-corrected chi connectivity index (χ0v) is 10.0. The van der Waals surface area contributed by atoms with Gasteiger partial charge in [0.25, 0.3) is 0 Å². The third-order valence-electron chi connectivity index (χ3n) is 2.91. The van der Waals surface area contributed by atoms with Crippen LogP contribution in [0.4, 0.5) is 0 Å². The first-order chi connectivity index (χ1) is 6.52. The summed E-state index contributed by atoms with van der Waals surface area (Å²) < 4.78 is 0. The van der Waals surface area contributed by atoms with Gasteiger partial charge in [-0.3, -0.25) is 9.69 Å². The Labute approximate surface area is 89.5 Å². The fraction of sp³-hybridized carbons (Fsp3) is 0.545. The normalized spacial score (nSPS) is 15.5. The van der Waals surface area contributed by atoms with Gasteiger partial charge < -0.3 is 0 Å². The molecular formula is C11H17NOS. The maximum absolute atomic E-state index is 12.2. The topological polar surface area (TPSA) is 20.3 Å². The smallest absolute Gasteiger partial charge is 0.192 e. The molecule has 0 saturated carbocycles. The Morgan fingerprint density at radius 1 is 1.57 bits per heavy atom. The summed E-state index contributed by atoms with van der Waals surface area (Å²) >= 11 is 1.51. The number of carbonyl (C=O) groups excluding carboxylic acids is 1. The molecule has 3 heteroatoms. The van der Waals surface area contributed by atoms with E-state index in [2.05, 4.69) is 0 Å². The Hall–Kier alpha value is -0.670. The maximum atomic E-state index is 12.2. The van der Waals surface area contributed by atoms with Gasteiger partial charge in [-0.15, -0.1) is 11.3 Å². The van der Waals surface area contributed by atoms with Gasteiger partial charge in [0, 0.05) is 0 Å². The predicted octanol–water partition coefficient (Wildman–Crippen LogP) is 2.66. The van der Waals surface area contributed by atoms with E-state index >= 15 is 0 Å². The molecule has 0 aromatic carbocycles. The van der Waals surface area contributed by atoms with Gasteiger partial charge in [-0.05, 0) is 38.9 Å². The quantitative estimate of drug-likeness (QED) is 0.714. The fourth-order valence-electron chi connectivity index (χ4n) is 1.35. The highest BCUT2D eigenvalue weighted by molar-refractivity contribution is 7.12. The van der Waals surface area contributed by atoms with Gasteiger partial charge in [-0.1, -0.05) is 13.0 Å². The van der Waals surface area contributed by atoms with Crippen LogP contribution in [0.3, 0.4) is 0 Å². The molecule has 0 spiro atoms. The first kappa shape index (κ1) is 11.4. The van der Waals surface area contributed by atoms with Gasteiger partial charge in [-0.25, -0.2) is 0 Å². The van der Waals surface area contributed by atoms with Crippen LogP contribution in [0.2, 0.25) is 0 Å². The molecule has 0 amide bonds. The molecule has 14 heavy (non-hydrogen) atoms. The van der Waals surface area contributed by atoms with Gasteiger partial charge in [0.2, 0.25) is 0 Å². The van der Waals surface area contributed by atoms with Gasteiger partial charge in [0.15, 0.2) is 5.78 Å². The first-order valence-electron chi connectivity index (χ1n) is 4.78. The Morgan fingerprint density at radius 2 is 2.21 bits per heavy atom. The summed E-state index contributed by atoms with van der Waals surface area (Å²) in [7, 11) is 3.91. The zero-order valence-electron chi connectivity index (χ0n) is 9.20. The minimum atomic E-state index is -0.370. The van der Waals surface area contributed by atoms with Gasteiger partial charge in [-0.2, -0.15) is 0 Å². The number of Topliss-reactive ketones (excluding diaryl/α,β-unsaturated/α-hetero) is 1. The van der Waals surface area contributed by atoms with E-state index < -0.39 is 0 Å². The molecule has 1 aromatic heterocycles. The van der Waals surface area contributed by atoms with E-state index in [-0.39, 0.29) is 11.3 Å². The molecule has 1 atom stereocenters. The highest BCUT2D eigenvalue weighted by Crippen LogP contribution is 2.24. The van der Waals surface area contributed by atoms with Crippen LogP contribution < -0.4 is 0 Å². The monoisotopic (exact) mass is 211 g/mol. The third kappa shape index (κ3) is 1.88. The van der Waals surface area contributed by atoms with Crippen LogP contribution in [-0.4, -0.2) is 30.3 Å². The van der Waals surface area contributed by atoms with Crippen molar-refractivity contribution in [2.75, 3.05) is 14.1 Å². The lowest BCUT2D eigenvalue weighted by Crippen LogP contribution is -2.47. The number of likely N-dealkylation sites (N-methyl/N-ethyl adjacent to an activating group) is 1. The van der Waals surface area contributed by atoms with Crippen molar-refractivity contribution in [2.24, 2.45) is 0 Å². The summed E-state index contributed by atoms with van der Waals surface area (Å²) in [6.07, 6.45) is 0.830. The van der Waals surface area contributed by atoms with E-state index in [9.17, 15) is 4.79 Å². The molecule has 1 heterocycles. The Bertz CT molecular complexity index is 305. The van der Waals surface area contributed by atoms with Crippen molar-refractivity contribution in [2.45, 2.75) is 25.8 Å². The van der Waals surface area contributed by atoms with Crippen LogP contribution in [0.1, 0.15) is 29.9 Å². The number of ketones is 1. The molecule has 1 rings (SSSR count). The summed E-state index contributed by atoms with van der Waals surface area (Å²) in [6, 6.07) is 3.81. The van der Waals surface area contributed by atoms with E-state index in [0.717, 1.165) is 11.3 Å². The van der Waals surface area contributed by atoms with Crippen molar-refractivity contribution in [3.05, 3.63) is 22.4 Å². The van der Waals surface area contributed by atoms with Crippen molar-refractivity contribution >= 4 is 17.1 Å². The van der Waals surface area contributed by atoms with Gasteiger partial charge in [0.1, 0.15) is 0 Å². The highest BCUT2D eigenvalue weighted by Gasteiger charge is 2.34. The summed E-state index contributed by atoms with van der Waals surface area (Å²) in [6.45, 7) is 4.04. The first-order valence-corrected chi connectivity index (χ1v) is 5.66. The number of carbonyl (C=O) groups is 1. The molecule has 0 saturated heterocycles. The molecule has 1 unspecified atom stereocenters. The minimum absolute atomic E-state index is 0.222. The number of hydrogen-bond donors (Lipinski definition) is 0. The SMILES string of the molecule is CCC(C)(C(=O)c1cccs1)N(C)C. The van der Waals surface area contributed by atoms with Crippen molar-refractivity contribution < 1.29 is 4.79 Å². The van der Waals surface area contributed by atoms with E-state index in [0.29, 0.717) is 0 Å². The second-order valence-corrected chi connectivity index (χ2v) is 4.78. The van der Waals surface area contributed by atoms with Gasteiger partial charge in [0.05, 0.1) is 10.4 Å². The lowest BCUT2D eigenvalue weighted by molar-refractivity contribution is 0.0715. The molecule has 0 aliphatic rings. The van der Waals surface area contributed by atoms with E-state index in [1.54, 1.807) is 0 Å². The van der Waals surface area contributed by atoms with Crippen LogP contribution in [0.5, 0.6) is 0 Å². The summed E-state index contributed by atoms with van der Waals surface area (Å²) in [4.78, 5) is 15.0. The molecule has 0 radical (unpaired) electrons. The molecule has 0 N–H and O–H groups in total. The summed E-state index contributed by atoms with van der Waals surface area (Å²) in [5, 5.41) is 1.94. The molecule has 0 bridgehead atoms. The van der Waals surface area contributed by atoms with Gasteiger partial charge >= 0.3 is 0 Å². The van der Waals surface area contributed by atoms with Crippen molar-refractivity contribution in [1.82, 2.24) is 4.90 Å². The Morgan fingerprint density at radius 3 is 2.57 bits per heavy atom. The molecule has 0 aliphatic carbocycles. The minimum Gasteiger partial charge on any atom is -0.297 e. The van der Waals surface area contributed by atoms with Crippen molar-refractivity contribution in [3.8, 4) is 0 Å². The predicted molar refractivity (Wildman–Crippen MR) is 61.0 cm³/mol. The summed E-state index contributed by atoms with van der Waals surface area (Å²) in [5.41, 5.74) is -0.370. The molecule has 1 aromatic rings. The van der Waals surface area contributed by atoms with E-state index in [4.69, 9.17) is 0 Å². The average Bonchev–Trinajstić information content (AvgIpc) is 2.67. The van der Waals surface area contributed by atoms with E-state index in [1.165, 1.54) is 11.3 Å². The molecular weight excluding hydrogens is 194 g/mol. The second-order valence-electron chi connectivity index (χ2n) is 3.83. The molecule has 0 fully saturated rings. The standard InChI is InChI=1S/C11H17NOS/c1-5-11(2,12(3)4)10(13)9-7-6-8-14-9/h6-8H,5H2,1-4H3. The van der Waals surface area contributed by atoms with Crippen molar-refractivity contribution in [1.29, 1.82) is 0 Å². The number of hydrogen-bond acceptors (Lipinski definition) is 3. The Kier molecular flexibility index (Phi) is 3.45. The average molecular weight is 211 g/mol. The number of nitrogens with zero attached hydrogens (tertiary/aromatic N) is 1. The van der Waals surface area contributed by atoms with Crippen LogP contribution >= 0.6 is 11.3 Å². The number of thiophene rings is 1. The Balaban J connectivity index is 2.97. The van der Waals surface area contributed by atoms with Crippen molar-refractivity contribution in [3.63, 3.8) is 0 Å². The maximum Gasteiger partial charge on any atom is 0.192 e. The van der Waals surface area contributed by atoms with E-state index in [1.807, 2.05) is 50.4 Å². The lowest BCUT2D eigenvalue weighted by Gasteiger charge is -2.33. The molecule has 78 valence electrons. The highest BCUT2D eigenvalue weighted by atomic mass is 32.1. The lowest BCUT2D eigenvalue weighted by atomic mass is 9.91. The van der Waals surface area contributed by atoms with Crippen LogP contribution in [-0.2, 0) is 0 Å². The summed E-state index contributed by atoms with van der Waals surface area (Å²) in [5.74, 6) is 0.222. The molecule has 0 aliphatic heterocycles.